The lowest BCUT2D eigenvalue weighted by Gasteiger charge is -2.09. The summed E-state index contributed by atoms with van der Waals surface area (Å²) in [5.74, 6) is 0.876. The monoisotopic (exact) mass is 292 g/mol. The summed E-state index contributed by atoms with van der Waals surface area (Å²) in [5.41, 5.74) is 6.84. The molecule has 0 aliphatic rings. The lowest BCUT2D eigenvalue weighted by Crippen LogP contribution is -2.13. The number of rotatable bonds is 5. The first-order valence-electron chi connectivity index (χ1n) is 6.39. The smallest absolute Gasteiger partial charge is 0.224 e. The molecule has 0 saturated heterocycles. The number of nitrogens with zero attached hydrogens (tertiary/aromatic N) is 2. The van der Waals surface area contributed by atoms with Crippen LogP contribution in [0.2, 0.25) is 5.02 Å². The van der Waals surface area contributed by atoms with Gasteiger partial charge in [0, 0.05) is 30.4 Å². The molecule has 0 atom stereocenters. The summed E-state index contributed by atoms with van der Waals surface area (Å²) in [6, 6.07) is 5.01. The number of hydrogen-bond acceptors (Lipinski definition) is 3. The Kier molecular flexibility index (Phi) is 4.63. The fraction of sp³-hybridized carbons (Fsp3) is 0.286. The maximum Gasteiger partial charge on any atom is 0.224 e. The topological polar surface area (TPSA) is 72.9 Å². The number of anilines is 2. The van der Waals surface area contributed by atoms with Crippen LogP contribution < -0.4 is 11.1 Å². The molecule has 1 aromatic heterocycles. The molecule has 1 aromatic carbocycles. The first-order chi connectivity index (χ1) is 9.56. The Hall–Kier alpha value is -2.01. The fourth-order valence-electron chi connectivity index (χ4n) is 1.90. The van der Waals surface area contributed by atoms with E-state index in [-0.39, 0.29) is 5.91 Å². The molecule has 1 amide bonds. The molecule has 5 nitrogen and oxygen atoms in total. The molecule has 1 heterocycles. The van der Waals surface area contributed by atoms with E-state index in [0.29, 0.717) is 22.8 Å². The third kappa shape index (κ3) is 3.74. The third-order valence-electron chi connectivity index (χ3n) is 3.02. The van der Waals surface area contributed by atoms with E-state index in [1.54, 1.807) is 24.4 Å². The van der Waals surface area contributed by atoms with Gasteiger partial charge in [0.15, 0.2) is 0 Å². The van der Waals surface area contributed by atoms with Crippen molar-refractivity contribution >= 4 is 28.9 Å². The number of nitrogen functional groups attached to an aromatic ring is 1. The fourth-order valence-corrected chi connectivity index (χ4v) is 2.07. The molecule has 0 aliphatic heterocycles. The number of imidazole rings is 1. The molecular formula is C14H17ClN4O. The maximum absolute atomic E-state index is 11.9. The quantitative estimate of drug-likeness (QED) is 0.832. The van der Waals surface area contributed by atoms with Crippen molar-refractivity contribution in [1.82, 2.24) is 9.55 Å². The molecule has 0 saturated carbocycles. The Labute approximate surface area is 122 Å². The average Bonchev–Trinajstić information content (AvgIpc) is 2.80. The minimum atomic E-state index is -0.0725. The van der Waals surface area contributed by atoms with Gasteiger partial charge in [0.1, 0.15) is 5.82 Å². The van der Waals surface area contributed by atoms with Gasteiger partial charge < -0.3 is 15.6 Å². The highest BCUT2D eigenvalue weighted by Crippen LogP contribution is 2.23. The zero-order valence-electron chi connectivity index (χ0n) is 11.3. The van der Waals surface area contributed by atoms with Crippen molar-refractivity contribution in [2.24, 2.45) is 0 Å². The van der Waals surface area contributed by atoms with Crippen LogP contribution >= 0.6 is 11.6 Å². The van der Waals surface area contributed by atoms with E-state index >= 15 is 0 Å². The molecular weight excluding hydrogens is 276 g/mol. The maximum atomic E-state index is 11.9. The third-order valence-corrected chi connectivity index (χ3v) is 3.25. The summed E-state index contributed by atoms with van der Waals surface area (Å²) in [4.78, 5) is 16.0. The Bertz CT molecular complexity index is 609. The van der Waals surface area contributed by atoms with E-state index in [1.165, 1.54) is 0 Å². The molecule has 0 radical (unpaired) electrons. The van der Waals surface area contributed by atoms with E-state index < -0.39 is 0 Å². The number of aryl methyl sites for hydroxylation is 2. The number of carbonyl (C=O) groups excluding carboxylic acids is 1. The lowest BCUT2D eigenvalue weighted by molar-refractivity contribution is -0.116. The largest absolute Gasteiger partial charge is 0.397 e. The molecule has 3 N–H and O–H groups in total. The molecule has 0 fully saturated rings. The van der Waals surface area contributed by atoms with Crippen molar-refractivity contribution in [3.8, 4) is 0 Å². The zero-order chi connectivity index (χ0) is 14.5. The van der Waals surface area contributed by atoms with Crippen LogP contribution in [0.15, 0.2) is 30.6 Å². The first-order valence-corrected chi connectivity index (χ1v) is 6.76. The van der Waals surface area contributed by atoms with Crippen LogP contribution in [0.1, 0.15) is 18.7 Å². The van der Waals surface area contributed by atoms with Gasteiger partial charge in [0.2, 0.25) is 5.91 Å². The van der Waals surface area contributed by atoms with Gasteiger partial charge in [0.25, 0.3) is 0 Å². The summed E-state index contributed by atoms with van der Waals surface area (Å²) in [7, 11) is 0. The van der Waals surface area contributed by atoms with Crippen LogP contribution in [0, 0.1) is 6.92 Å². The van der Waals surface area contributed by atoms with Crippen molar-refractivity contribution in [2.75, 3.05) is 11.1 Å². The van der Waals surface area contributed by atoms with Crippen LogP contribution in [-0.2, 0) is 11.3 Å². The number of aromatic nitrogens is 2. The van der Waals surface area contributed by atoms with Crippen LogP contribution in [-0.4, -0.2) is 15.5 Å². The van der Waals surface area contributed by atoms with Crippen molar-refractivity contribution < 1.29 is 4.79 Å². The van der Waals surface area contributed by atoms with Crippen LogP contribution in [0.5, 0.6) is 0 Å². The second kappa shape index (κ2) is 6.43. The van der Waals surface area contributed by atoms with Crippen LogP contribution in [0.25, 0.3) is 0 Å². The Morgan fingerprint density at radius 3 is 3.00 bits per heavy atom. The lowest BCUT2D eigenvalue weighted by atomic mass is 10.2. The number of nitrogens with two attached hydrogens (primary N) is 1. The van der Waals surface area contributed by atoms with Gasteiger partial charge in [-0.2, -0.15) is 0 Å². The van der Waals surface area contributed by atoms with E-state index in [4.69, 9.17) is 17.3 Å². The second-order valence-electron chi connectivity index (χ2n) is 4.55. The summed E-state index contributed by atoms with van der Waals surface area (Å²) in [6.07, 6.45) is 4.82. The summed E-state index contributed by atoms with van der Waals surface area (Å²) >= 11 is 5.87. The Morgan fingerprint density at radius 2 is 2.30 bits per heavy atom. The zero-order valence-corrected chi connectivity index (χ0v) is 12.0. The number of halogens is 1. The minimum absolute atomic E-state index is 0.0725. The van der Waals surface area contributed by atoms with Gasteiger partial charge in [0.05, 0.1) is 11.4 Å². The van der Waals surface area contributed by atoms with Crippen LogP contribution in [0.3, 0.4) is 0 Å². The van der Waals surface area contributed by atoms with Crippen molar-refractivity contribution in [1.29, 1.82) is 0 Å². The minimum Gasteiger partial charge on any atom is -0.397 e. The number of carbonyl (C=O) groups is 1. The molecule has 2 rings (SSSR count). The van der Waals surface area contributed by atoms with E-state index in [9.17, 15) is 4.79 Å². The predicted octanol–water partition coefficient (Wildman–Crippen LogP) is 2.85. The molecule has 0 spiro atoms. The predicted molar refractivity (Wildman–Crippen MR) is 80.7 cm³/mol. The number of amides is 1. The standard InChI is InChI=1S/C14H17ClN4O/c1-10-17-6-8-19(10)7-2-3-14(20)18-13-9-11(15)4-5-12(13)16/h4-6,8-9H,2-3,7,16H2,1H3,(H,18,20). The highest BCUT2D eigenvalue weighted by Gasteiger charge is 2.06. The van der Waals surface area contributed by atoms with Gasteiger partial charge in [-0.3, -0.25) is 4.79 Å². The molecule has 6 heteroatoms. The van der Waals surface area contributed by atoms with Gasteiger partial charge in [-0.25, -0.2) is 4.98 Å². The Balaban J connectivity index is 1.84. The summed E-state index contributed by atoms with van der Waals surface area (Å²) in [6.45, 7) is 2.71. The number of nitrogens with one attached hydrogen (secondary N) is 1. The molecule has 2 aromatic rings. The number of benzene rings is 1. The van der Waals surface area contributed by atoms with Crippen molar-refractivity contribution in [3.05, 3.63) is 41.4 Å². The molecule has 0 aliphatic carbocycles. The molecule has 0 bridgehead atoms. The summed E-state index contributed by atoms with van der Waals surface area (Å²) < 4.78 is 2.01. The highest BCUT2D eigenvalue weighted by molar-refractivity contribution is 6.31. The first kappa shape index (κ1) is 14.4. The van der Waals surface area contributed by atoms with E-state index in [2.05, 4.69) is 10.3 Å². The second-order valence-corrected chi connectivity index (χ2v) is 4.99. The van der Waals surface area contributed by atoms with Gasteiger partial charge in [-0.05, 0) is 31.5 Å². The van der Waals surface area contributed by atoms with Crippen molar-refractivity contribution in [2.45, 2.75) is 26.3 Å². The molecule has 20 heavy (non-hydrogen) atoms. The molecule has 106 valence electrons. The SMILES string of the molecule is Cc1nccn1CCCC(=O)Nc1cc(Cl)ccc1N. The van der Waals surface area contributed by atoms with E-state index in [0.717, 1.165) is 18.8 Å². The highest BCUT2D eigenvalue weighted by atomic mass is 35.5. The molecule has 0 unspecified atom stereocenters. The van der Waals surface area contributed by atoms with E-state index in [1.807, 2.05) is 17.7 Å². The van der Waals surface area contributed by atoms with Crippen molar-refractivity contribution in [3.63, 3.8) is 0 Å². The summed E-state index contributed by atoms with van der Waals surface area (Å²) in [5, 5.41) is 3.32. The van der Waals surface area contributed by atoms with Gasteiger partial charge in [-0.1, -0.05) is 11.6 Å². The normalized spacial score (nSPS) is 10.5. The van der Waals surface area contributed by atoms with Gasteiger partial charge >= 0.3 is 0 Å². The average molecular weight is 293 g/mol. The van der Waals surface area contributed by atoms with Gasteiger partial charge in [-0.15, -0.1) is 0 Å². The Morgan fingerprint density at radius 1 is 1.50 bits per heavy atom. The van der Waals surface area contributed by atoms with Crippen LogP contribution in [0.4, 0.5) is 11.4 Å². The number of hydrogen-bond donors (Lipinski definition) is 2.